The van der Waals surface area contributed by atoms with E-state index in [4.69, 9.17) is 23.7 Å². The van der Waals surface area contributed by atoms with Crippen LogP contribution >= 0.6 is 0 Å². The Hall–Kier alpha value is -2.73. The van der Waals surface area contributed by atoms with Crippen LogP contribution in [-0.4, -0.2) is 98.6 Å². The Morgan fingerprint density at radius 3 is 1.01 bits per heavy atom. The average Bonchev–Trinajstić information content (AvgIpc) is 3.36. The monoisotopic (exact) mass is 1020 g/mol. The van der Waals surface area contributed by atoms with Crippen LogP contribution in [-0.2, 0) is 47.7 Å². The van der Waals surface area contributed by atoms with Crippen LogP contribution < -0.4 is 0 Å². The number of carbonyl (C=O) groups excluding carboxylic acids is 5. The highest BCUT2D eigenvalue weighted by molar-refractivity contribution is 5.71. The quantitative estimate of drug-likeness (QED) is 0.0350. The Kier molecular flexibility index (Phi) is 47.1. The Morgan fingerprint density at radius 2 is 0.667 bits per heavy atom. The summed E-state index contributed by atoms with van der Waals surface area (Å²) in [5, 5.41) is 9.76. The maximum absolute atomic E-state index is 13.1. The minimum absolute atomic E-state index is 0.0222. The first-order valence-electron chi connectivity index (χ1n) is 30.3. The number of nitrogens with zero attached hydrogens (tertiary/aromatic N) is 1. The van der Waals surface area contributed by atoms with Gasteiger partial charge in [-0.25, -0.2) is 0 Å². The lowest BCUT2D eigenvalue weighted by Crippen LogP contribution is -2.38. The van der Waals surface area contributed by atoms with E-state index < -0.39 is 11.9 Å². The van der Waals surface area contributed by atoms with Gasteiger partial charge in [-0.15, -0.1) is 0 Å². The van der Waals surface area contributed by atoms with Gasteiger partial charge in [-0.2, -0.15) is 0 Å². The SMILES string of the molecule is CCCCCCCCCCCCCCCCCC(=O)OCC(COC(=O)CCCCN(CCO)C1CCCCCCC1)COC(=O)CCCC(COC(=O)CCCCCCC)COC(=O)CCCCCCC. The summed E-state index contributed by atoms with van der Waals surface area (Å²) in [5.41, 5.74) is 0. The zero-order chi connectivity index (χ0) is 52.4. The van der Waals surface area contributed by atoms with E-state index in [1.165, 1.54) is 109 Å². The molecule has 0 aromatic carbocycles. The van der Waals surface area contributed by atoms with Crippen LogP contribution in [0.4, 0.5) is 0 Å². The highest BCUT2D eigenvalue weighted by Crippen LogP contribution is 2.23. The molecular weight excluding hydrogens is 911 g/mol. The van der Waals surface area contributed by atoms with E-state index in [1.54, 1.807) is 0 Å². The van der Waals surface area contributed by atoms with Crippen LogP contribution in [0.1, 0.15) is 284 Å². The first kappa shape index (κ1) is 67.3. The zero-order valence-corrected chi connectivity index (χ0v) is 46.9. The standard InChI is InChI=1S/C60H111NO11/c1-4-7-10-13-14-15-16-17-18-19-20-21-22-28-33-42-58(65)70-50-54(51-71-59(66)43-34-35-45-61(46-47-62)55-38-29-26-23-27-30-39-55)52-72-60(67)44-36-37-53(48-68-56(63)40-31-24-11-8-5-2)49-69-57(64)41-32-25-12-9-6-3/h53-55,62H,4-52H2,1-3H3. The molecule has 422 valence electrons. The van der Waals surface area contributed by atoms with Crippen LogP contribution in [0.3, 0.4) is 0 Å². The lowest BCUT2D eigenvalue weighted by molar-refractivity contribution is -0.155. The number of ether oxygens (including phenoxy) is 5. The van der Waals surface area contributed by atoms with E-state index in [2.05, 4.69) is 25.7 Å². The predicted octanol–water partition coefficient (Wildman–Crippen LogP) is 14.7. The van der Waals surface area contributed by atoms with Crippen LogP contribution in [0.5, 0.6) is 0 Å². The molecule has 0 aromatic heterocycles. The summed E-state index contributed by atoms with van der Waals surface area (Å²) in [6.45, 7) is 8.30. The van der Waals surface area contributed by atoms with Crippen LogP contribution in [0.15, 0.2) is 0 Å². The predicted molar refractivity (Wildman–Crippen MR) is 291 cm³/mol. The fourth-order valence-electron chi connectivity index (χ4n) is 9.68. The van der Waals surface area contributed by atoms with Gasteiger partial charge in [0.1, 0.15) is 19.8 Å². The van der Waals surface area contributed by atoms with Crippen molar-refractivity contribution in [2.45, 2.75) is 290 Å². The lowest BCUT2D eigenvalue weighted by atomic mass is 9.95. The molecule has 12 heteroatoms. The topological polar surface area (TPSA) is 155 Å². The molecule has 0 bridgehead atoms. The van der Waals surface area contributed by atoms with Gasteiger partial charge < -0.3 is 28.8 Å². The summed E-state index contributed by atoms with van der Waals surface area (Å²) in [7, 11) is 0. The Balaban J connectivity index is 2.67. The second kappa shape index (κ2) is 50.4. The fourth-order valence-corrected chi connectivity index (χ4v) is 9.68. The van der Waals surface area contributed by atoms with Crippen molar-refractivity contribution in [2.24, 2.45) is 11.8 Å². The van der Waals surface area contributed by atoms with Crippen molar-refractivity contribution in [3.05, 3.63) is 0 Å². The summed E-state index contributed by atoms with van der Waals surface area (Å²) in [4.78, 5) is 66.4. The maximum atomic E-state index is 13.1. The molecule has 12 nitrogen and oxygen atoms in total. The highest BCUT2D eigenvalue weighted by Gasteiger charge is 2.22. The van der Waals surface area contributed by atoms with Crippen molar-refractivity contribution in [3.8, 4) is 0 Å². The van der Waals surface area contributed by atoms with E-state index in [0.29, 0.717) is 51.1 Å². The van der Waals surface area contributed by atoms with Gasteiger partial charge in [-0.05, 0) is 64.3 Å². The molecule has 72 heavy (non-hydrogen) atoms. The molecule has 1 N–H and O–H groups in total. The van der Waals surface area contributed by atoms with Gasteiger partial charge >= 0.3 is 29.8 Å². The number of rotatable bonds is 50. The summed E-state index contributed by atoms with van der Waals surface area (Å²) in [6, 6.07) is 0.482. The lowest BCUT2D eigenvalue weighted by Gasteiger charge is -2.32. The summed E-state index contributed by atoms with van der Waals surface area (Å²) < 4.78 is 28.3. The molecule has 1 rings (SSSR count). The molecule has 1 unspecified atom stereocenters. The van der Waals surface area contributed by atoms with Crippen molar-refractivity contribution in [1.82, 2.24) is 4.90 Å². The van der Waals surface area contributed by atoms with Gasteiger partial charge in [0.2, 0.25) is 0 Å². The second-order valence-corrected chi connectivity index (χ2v) is 21.3. The Bertz CT molecular complexity index is 1260. The molecule has 1 atom stereocenters. The number of unbranched alkanes of at least 4 members (excludes halogenated alkanes) is 23. The van der Waals surface area contributed by atoms with Gasteiger partial charge in [0, 0.05) is 50.6 Å². The molecule has 1 aliphatic rings. The van der Waals surface area contributed by atoms with E-state index in [1.807, 2.05) is 0 Å². The summed E-state index contributed by atoms with van der Waals surface area (Å²) in [5.74, 6) is -2.35. The molecule has 0 radical (unpaired) electrons. The number of hydrogen-bond acceptors (Lipinski definition) is 12. The minimum atomic E-state index is -0.516. The number of hydrogen-bond donors (Lipinski definition) is 1. The fraction of sp³-hybridized carbons (Fsp3) is 0.917. The van der Waals surface area contributed by atoms with Gasteiger partial charge in [0.05, 0.1) is 25.7 Å². The van der Waals surface area contributed by atoms with Crippen molar-refractivity contribution in [3.63, 3.8) is 0 Å². The largest absolute Gasteiger partial charge is 0.465 e. The molecule has 0 saturated heterocycles. The third-order valence-electron chi connectivity index (χ3n) is 14.4. The molecule has 1 aliphatic carbocycles. The van der Waals surface area contributed by atoms with Crippen molar-refractivity contribution < 1.29 is 52.8 Å². The summed E-state index contributed by atoms with van der Waals surface area (Å²) >= 11 is 0. The van der Waals surface area contributed by atoms with Crippen LogP contribution in [0, 0.1) is 11.8 Å². The third kappa shape index (κ3) is 42.6. The van der Waals surface area contributed by atoms with Gasteiger partial charge in [-0.1, -0.05) is 194 Å². The van der Waals surface area contributed by atoms with E-state index in [-0.39, 0.29) is 82.3 Å². The Labute approximate surface area is 440 Å². The first-order valence-corrected chi connectivity index (χ1v) is 30.3. The number of esters is 5. The molecule has 0 amide bonds. The highest BCUT2D eigenvalue weighted by atomic mass is 16.6. The molecule has 1 saturated carbocycles. The maximum Gasteiger partial charge on any atom is 0.305 e. The van der Waals surface area contributed by atoms with Gasteiger partial charge in [-0.3, -0.25) is 28.9 Å². The number of aliphatic hydroxyl groups is 1. The second-order valence-electron chi connectivity index (χ2n) is 21.3. The first-order chi connectivity index (χ1) is 35.2. The molecule has 0 aromatic rings. The number of aliphatic hydroxyl groups excluding tert-OH is 1. The van der Waals surface area contributed by atoms with E-state index >= 15 is 0 Å². The molecule has 0 aliphatic heterocycles. The van der Waals surface area contributed by atoms with Crippen LogP contribution in [0.25, 0.3) is 0 Å². The van der Waals surface area contributed by atoms with Crippen LogP contribution in [0.2, 0.25) is 0 Å². The van der Waals surface area contributed by atoms with Crippen molar-refractivity contribution >= 4 is 29.8 Å². The van der Waals surface area contributed by atoms with Crippen molar-refractivity contribution in [2.75, 3.05) is 52.7 Å². The summed E-state index contributed by atoms with van der Waals surface area (Å²) in [6.07, 6.45) is 41.5. The minimum Gasteiger partial charge on any atom is -0.465 e. The Morgan fingerprint density at radius 1 is 0.375 bits per heavy atom. The smallest absolute Gasteiger partial charge is 0.305 e. The molecular formula is C60H111NO11. The normalized spacial score (nSPS) is 13.7. The van der Waals surface area contributed by atoms with Gasteiger partial charge in [0.25, 0.3) is 0 Å². The zero-order valence-electron chi connectivity index (χ0n) is 46.9. The molecule has 0 spiro atoms. The molecule has 0 heterocycles. The van der Waals surface area contributed by atoms with Gasteiger partial charge in [0.15, 0.2) is 0 Å². The molecule has 1 fully saturated rings. The van der Waals surface area contributed by atoms with Crippen molar-refractivity contribution in [1.29, 1.82) is 0 Å². The third-order valence-corrected chi connectivity index (χ3v) is 14.4. The van der Waals surface area contributed by atoms with E-state index in [9.17, 15) is 29.1 Å². The van der Waals surface area contributed by atoms with E-state index in [0.717, 1.165) is 109 Å². The number of carbonyl (C=O) groups is 5. The average molecular weight is 1020 g/mol.